The van der Waals surface area contributed by atoms with Gasteiger partial charge in [-0.25, -0.2) is 0 Å². The molecule has 1 nitrogen and oxygen atoms in total. The van der Waals surface area contributed by atoms with Gasteiger partial charge in [-0.05, 0) is 31.7 Å². The van der Waals surface area contributed by atoms with Crippen molar-refractivity contribution < 1.29 is 0 Å². The van der Waals surface area contributed by atoms with E-state index in [0.29, 0.717) is 4.87 Å². The lowest BCUT2D eigenvalue weighted by Gasteiger charge is -2.50. The Hall–Kier alpha value is 0.310. The van der Waals surface area contributed by atoms with E-state index in [9.17, 15) is 0 Å². The molecular formula is C9H17NS. The summed E-state index contributed by atoms with van der Waals surface area (Å²) in [6.45, 7) is 5.95. The first-order valence-electron chi connectivity index (χ1n) is 4.63. The average Bonchev–Trinajstić information content (AvgIpc) is 1.84. The van der Waals surface area contributed by atoms with Crippen LogP contribution in [-0.2, 0) is 0 Å². The average molecular weight is 171 g/mol. The Morgan fingerprint density at radius 3 is 2.64 bits per heavy atom. The normalized spacial score (nSPS) is 50.7. The second kappa shape index (κ2) is 2.67. The minimum atomic E-state index is 0.511. The van der Waals surface area contributed by atoms with Gasteiger partial charge in [0.05, 0.1) is 4.87 Å². The summed E-state index contributed by atoms with van der Waals surface area (Å²) in [6, 6.07) is 0. The fourth-order valence-electron chi connectivity index (χ4n) is 2.30. The lowest BCUT2D eigenvalue weighted by molar-refractivity contribution is 0.201. The van der Waals surface area contributed by atoms with Gasteiger partial charge in [0.2, 0.25) is 0 Å². The van der Waals surface area contributed by atoms with Gasteiger partial charge < -0.3 is 5.32 Å². The standard InChI is InChI=1S/C9H17NS/c1-7-5-9(6-7)10-4-3-8(2)11-9/h7-8,10H,3-6H2,1-2H3. The minimum absolute atomic E-state index is 0.511. The SMILES string of the molecule is CC1CC2(C1)NCCC(C)S2. The van der Waals surface area contributed by atoms with Crippen LogP contribution in [0, 0.1) is 5.92 Å². The van der Waals surface area contributed by atoms with Crippen LogP contribution >= 0.6 is 11.8 Å². The Morgan fingerprint density at radius 2 is 2.09 bits per heavy atom. The van der Waals surface area contributed by atoms with E-state index in [2.05, 4.69) is 30.9 Å². The van der Waals surface area contributed by atoms with Crippen LogP contribution in [0.15, 0.2) is 0 Å². The van der Waals surface area contributed by atoms with Gasteiger partial charge in [-0.15, -0.1) is 11.8 Å². The van der Waals surface area contributed by atoms with Gasteiger partial charge in [0.15, 0.2) is 0 Å². The van der Waals surface area contributed by atoms with Crippen LogP contribution in [0.5, 0.6) is 0 Å². The lowest BCUT2D eigenvalue weighted by atomic mass is 9.81. The summed E-state index contributed by atoms with van der Waals surface area (Å²) in [6.07, 6.45) is 4.13. The molecule has 1 aliphatic carbocycles. The summed E-state index contributed by atoms with van der Waals surface area (Å²) in [5.74, 6) is 0.959. The number of nitrogens with one attached hydrogen (secondary N) is 1. The molecule has 2 aliphatic rings. The van der Waals surface area contributed by atoms with Gasteiger partial charge >= 0.3 is 0 Å². The molecule has 64 valence electrons. The van der Waals surface area contributed by atoms with Crippen LogP contribution in [0.3, 0.4) is 0 Å². The molecule has 11 heavy (non-hydrogen) atoms. The topological polar surface area (TPSA) is 12.0 Å². The molecule has 0 amide bonds. The Kier molecular flexibility index (Phi) is 1.92. The summed E-state index contributed by atoms with van der Waals surface area (Å²) < 4.78 is 0. The molecule has 1 N–H and O–H groups in total. The fraction of sp³-hybridized carbons (Fsp3) is 1.00. The van der Waals surface area contributed by atoms with Crippen molar-refractivity contribution in [3.8, 4) is 0 Å². The maximum atomic E-state index is 3.66. The van der Waals surface area contributed by atoms with E-state index in [-0.39, 0.29) is 0 Å². The molecule has 1 saturated heterocycles. The van der Waals surface area contributed by atoms with E-state index in [0.717, 1.165) is 11.2 Å². The van der Waals surface area contributed by atoms with Crippen LogP contribution in [0.25, 0.3) is 0 Å². The number of hydrogen-bond donors (Lipinski definition) is 1. The highest BCUT2D eigenvalue weighted by atomic mass is 32.2. The molecule has 1 atom stereocenters. The molecule has 2 rings (SSSR count). The smallest absolute Gasteiger partial charge is 0.0653 e. The third kappa shape index (κ3) is 1.43. The van der Waals surface area contributed by atoms with Crippen molar-refractivity contribution in [2.75, 3.05) is 6.54 Å². The van der Waals surface area contributed by atoms with Gasteiger partial charge in [0.1, 0.15) is 0 Å². The van der Waals surface area contributed by atoms with Crippen LogP contribution < -0.4 is 5.32 Å². The predicted octanol–water partition coefficient (Wildman–Crippen LogP) is 2.23. The maximum Gasteiger partial charge on any atom is 0.0653 e. The zero-order valence-corrected chi connectivity index (χ0v) is 8.21. The Balaban J connectivity index is 1.93. The molecule has 1 heterocycles. The number of hydrogen-bond acceptors (Lipinski definition) is 2. The van der Waals surface area contributed by atoms with Crippen molar-refractivity contribution >= 4 is 11.8 Å². The highest BCUT2D eigenvalue weighted by molar-refractivity contribution is 8.01. The van der Waals surface area contributed by atoms with E-state index in [1.165, 1.54) is 25.8 Å². The summed E-state index contributed by atoms with van der Waals surface area (Å²) in [7, 11) is 0. The minimum Gasteiger partial charge on any atom is -0.303 e. The molecule has 0 aromatic heterocycles. The first-order valence-corrected chi connectivity index (χ1v) is 5.51. The Labute approximate surface area is 73.3 Å². The molecular weight excluding hydrogens is 154 g/mol. The van der Waals surface area contributed by atoms with Gasteiger partial charge in [0, 0.05) is 5.25 Å². The van der Waals surface area contributed by atoms with Crippen molar-refractivity contribution in [2.45, 2.75) is 43.2 Å². The van der Waals surface area contributed by atoms with Crippen molar-refractivity contribution in [1.29, 1.82) is 0 Å². The monoisotopic (exact) mass is 171 g/mol. The highest BCUT2D eigenvalue weighted by Gasteiger charge is 2.44. The molecule has 2 heteroatoms. The highest BCUT2D eigenvalue weighted by Crippen LogP contribution is 2.49. The van der Waals surface area contributed by atoms with Crippen LogP contribution in [0.4, 0.5) is 0 Å². The molecule has 0 aromatic carbocycles. The van der Waals surface area contributed by atoms with E-state index in [1.54, 1.807) is 0 Å². The molecule has 0 radical (unpaired) electrons. The molecule has 1 spiro atoms. The third-order valence-electron chi connectivity index (χ3n) is 2.78. The summed E-state index contributed by atoms with van der Waals surface area (Å²) in [5.41, 5.74) is 0. The molecule has 1 saturated carbocycles. The first kappa shape index (κ1) is 7.93. The number of rotatable bonds is 0. The zero-order valence-electron chi connectivity index (χ0n) is 7.39. The maximum absolute atomic E-state index is 3.66. The van der Waals surface area contributed by atoms with Crippen molar-refractivity contribution in [2.24, 2.45) is 5.92 Å². The van der Waals surface area contributed by atoms with Gasteiger partial charge in [0.25, 0.3) is 0 Å². The van der Waals surface area contributed by atoms with Gasteiger partial charge in [-0.3, -0.25) is 0 Å². The van der Waals surface area contributed by atoms with E-state index in [1.807, 2.05) is 0 Å². The molecule has 2 fully saturated rings. The summed E-state index contributed by atoms with van der Waals surface area (Å²) in [5, 5.41) is 4.53. The second-order valence-electron chi connectivity index (χ2n) is 4.15. The van der Waals surface area contributed by atoms with Gasteiger partial charge in [-0.2, -0.15) is 0 Å². The van der Waals surface area contributed by atoms with E-state index < -0.39 is 0 Å². The van der Waals surface area contributed by atoms with E-state index in [4.69, 9.17) is 0 Å². The van der Waals surface area contributed by atoms with Crippen molar-refractivity contribution in [3.63, 3.8) is 0 Å². The Bertz CT molecular complexity index is 146. The molecule has 1 unspecified atom stereocenters. The van der Waals surface area contributed by atoms with Crippen molar-refractivity contribution in [3.05, 3.63) is 0 Å². The second-order valence-corrected chi connectivity index (χ2v) is 5.97. The van der Waals surface area contributed by atoms with Gasteiger partial charge in [-0.1, -0.05) is 13.8 Å². The summed E-state index contributed by atoms with van der Waals surface area (Å²) in [4.78, 5) is 0.511. The molecule has 0 aromatic rings. The largest absolute Gasteiger partial charge is 0.303 e. The van der Waals surface area contributed by atoms with Crippen LogP contribution in [0.2, 0.25) is 0 Å². The lowest BCUT2D eigenvalue weighted by Crippen LogP contribution is -2.55. The quantitative estimate of drug-likeness (QED) is 0.600. The van der Waals surface area contributed by atoms with Crippen molar-refractivity contribution in [1.82, 2.24) is 5.32 Å². The first-order chi connectivity index (χ1) is 5.20. The van der Waals surface area contributed by atoms with E-state index >= 15 is 0 Å². The fourth-order valence-corrected chi connectivity index (χ4v) is 4.25. The van der Waals surface area contributed by atoms with Crippen LogP contribution in [0.1, 0.15) is 33.1 Å². The molecule has 0 bridgehead atoms. The summed E-state index contributed by atoms with van der Waals surface area (Å²) >= 11 is 2.17. The molecule has 1 aliphatic heterocycles. The number of thioether (sulfide) groups is 1. The zero-order chi connectivity index (χ0) is 7.90. The third-order valence-corrected chi connectivity index (χ3v) is 4.35. The predicted molar refractivity (Wildman–Crippen MR) is 50.8 cm³/mol. The van der Waals surface area contributed by atoms with Crippen LogP contribution in [-0.4, -0.2) is 16.7 Å². The Morgan fingerprint density at radius 1 is 1.36 bits per heavy atom.